The molecule has 80 valence electrons. The Morgan fingerprint density at radius 2 is 2.13 bits per heavy atom. The van der Waals surface area contributed by atoms with E-state index in [1.807, 2.05) is 6.92 Å². The molecule has 0 N–H and O–H groups in total. The maximum atomic E-state index is 11.8. The Kier molecular flexibility index (Phi) is 4.55. The molecule has 0 heterocycles. The van der Waals surface area contributed by atoms with E-state index >= 15 is 0 Å². The summed E-state index contributed by atoms with van der Waals surface area (Å²) in [5.41, 5.74) is 1.66. The summed E-state index contributed by atoms with van der Waals surface area (Å²) >= 11 is 9.17. The zero-order valence-electron chi connectivity index (χ0n) is 8.52. The number of rotatable bonds is 4. The lowest BCUT2D eigenvalue weighted by Gasteiger charge is -2.04. The van der Waals surface area contributed by atoms with Gasteiger partial charge in [0.1, 0.15) is 0 Å². The first kappa shape index (κ1) is 12.5. The molecule has 15 heavy (non-hydrogen) atoms. The standard InChI is InChI=1S/C12H12BrClO/c1-8(2)3-6-12(15)10-7-9(14)4-5-11(10)13/h4-5,7H,1,3,6H2,2H3. The van der Waals surface area contributed by atoms with Crippen molar-refractivity contribution < 1.29 is 4.79 Å². The number of hydrogen-bond donors (Lipinski definition) is 0. The minimum Gasteiger partial charge on any atom is -0.294 e. The molecule has 0 aromatic heterocycles. The van der Waals surface area contributed by atoms with E-state index in [1.54, 1.807) is 18.2 Å². The molecule has 0 aliphatic rings. The monoisotopic (exact) mass is 286 g/mol. The van der Waals surface area contributed by atoms with Crippen LogP contribution in [0.15, 0.2) is 34.8 Å². The summed E-state index contributed by atoms with van der Waals surface area (Å²) in [6.07, 6.45) is 1.20. The normalized spacial score (nSPS) is 10.1. The lowest BCUT2D eigenvalue weighted by Crippen LogP contribution is -2.00. The molecule has 0 amide bonds. The van der Waals surface area contributed by atoms with Crippen molar-refractivity contribution in [3.8, 4) is 0 Å². The van der Waals surface area contributed by atoms with E-state index in [0.29, 0.717) is 17.0 Å². The molecule has 1 aromatic carbocycles. The molecule has 0 bridgehead atoms. The van der Waals surface area contributed by atoms with E-state index in [9.17, 15) is 4.79 Å². The molecular weight excluding hydrogens is 275 g/mol. The lowest BCUT2D eigenvalue weighted by atomic mass is 10.0. The van der Waals surface area contributed by atoms with Gasteiger partial charge in [0, 0.05) is 21.5 Å². The highest BCUT2D eigenvalue weighted by atomic mass is 79.9. The fourth-order valence-electron chi connectivity index (χ4n) is 1.17. The fourth-order valence-corrected chi connectivity index (χ4v) is 1.81. The summed E-state index contributed by atoms with van der Waals surface area (Å²) in [5.74, 6) is 0.0902. The summed E-state index contributed by atoms with van der Waals surface area (Å²) in [6, 6.07) is 5.23. The van der Waals surface area contributed by atoms with Gasteiger partial charge in [-0.3, -0.25) is 4.79 Å². The van der Waals surface area contributed by atoms with Gasteiger partial charge in [0.15, 0.2) is 5.78 Å². The summed E-state index contributed by atoms with van der Waals surface area (Å²) in [4.78, 5) is 11.8. The quantitative estimate of drug-likeness (QED) is 0.582. The second-order valence-electron chi connectivity index (χ2n) is 3.50. The molecule has 1 aromatic rings. The van der Waals surface area contributed by atoms with Crippen LogP contribution in [0.25, 0.3) is 0 Å². The van der Waals surface area contributed by atoms with Gasteiger partial charge in [-0.1, -0.05) is 33.1 Å². The molecule has 0 unspecified atom stereocenters. The van der Waals surface area contributed by atoms with Crippen LogP contribution in [0, 0.1) is 0 Å². The third-order valence-corrected chi connectivity index (χ3v) is 2.93. The first-order valence-electron chi connectivity index (χ1n) is 4.63. The van der Waals surface area contributed by atoms with Crippen molar-refractivity contribution >= 4 is 33.3 Å². The number of allylic oxidation sites excluding steroid dienone is 1. The van der Waals surface area contributed by atoms with Gasteiger partial charge in [0.25, 0.3) is 0 Å². The zero-order valence-corrected chi connectivity index (χ0v) is 10.9. The Morgan fingerprint density at radius 3 is 2.73 bits per heavy atom. The maximum Gasteiger partial charge on any atom is 0.164 e. The van der Waals surface area contributed by atoms with Gasteiger partial charge in [0.2, 0.25) is 0 Å². The van der Waals surface area contributed by atoms with E-state index < -0.39 is 0 Å². The Morgan fingerprint density at radius 1 is 1.47 bits per heavy atom. The van der Waals surface area contributed by atoms with E-state index in [-0.39, 0.29) is 5.78 Å². The second kappa shape index (κ2) is 5.47. The van der Waals surface area contributed by atoms with Crippen molar-refractivity contribution in [1.29, 1.82) is 0 Å². The summed E-state index contributed by atoms with van der Waals surface area (Å²) in [6.45, 7) is 5.69. The van der Waals surface area contributed by atoms with Crippen LogP contribution < -0.4 is 0 Å². The average Bonchev–Trinajstić information content (AvgIpc) is 2.18. The number of carbonyl (C=O) groups excluding carboxylic acids is 1. The van der Waals surface area contributed by atoms with Crippen molar-refractivity contribution in [3.63, 3.8) is 0 Å². The number of Topliss-reactive ketones (excluding diaryl/α,β-unsaturated/α-hetero) is 1. The van der Waals surface area contributed by atoms with Gasteiger partial charge in [0.05, 0.1) is 0 Å². The van der Waals surface area contributed by atoms with Gasteiger partial charge < -0.3 is 0 Å². The van der Waals surface area contributed by atoms with Crippen molar-refractivity contribution in [2.24, 2.45) is 0 Å². The van der Waals surface area contributed by atoms with Crippen LogP contribution >= 0.6 is 27.5 Å². The highest BCUT2D eigenvalue weighted by Crippen LogP contribution is 2.23. The van der Waals surface area contributed by atoms with E-state index in [0.717, 1.165) is 16.5 Å². The number of benzene rings is 1. The van der Waals surface area contributed by atoms with Gasteiger partial charge >= 0.3 is 0 Å². The van der Waals surface area contributed by atoms with Gasteiger partial charge in [-0.15, -0.1) is 6.58 Å². The molecule has 0 saturated carbocycles. The zero-order chi connectivity index (χ0) is 11.4. The number of carbonyl (C=O) groups is 1. The van der Waals surface area contributed by atoms with Crippen LogP contribution in [-0.4, -0.2) is 5.78 Å². The van der Waals surface area contributed by atoms with E-state index in [1.165, 1.54) is 0 Å². The largest absolute Gasteiger partial charge is 0.294 e. The minimum absolute atomic E-state index is 0.0902. The molecular formula is C12H12BrClO. The topological polar surface area (TPSA) is 17.1 Å². The predicted octanol–water partition coefficient (Wildman–Crippen LogP) is 4.64. The molecule has 0 aliphatic carbocycles. The number of halogens is 2. The number of ketones is 1. The molecule has 0 fully saturated rings. The Bertz CT molecular complexity index is 399. The lowest BCUT2D eigenvalue weighted by molar-refractivity contribution is 0.0982. The van der Waals surface area contributed by atoms with Crippen LogP contribution in [0.2, 0.25) is 5.02 Å². The van der Waals surface area contributed by atoms with Crippen LogP contribution in [0.1, 0.15) is 30.1 Å². The second-order valence-corrected chi connectivity index (χ2v) is 4.80. The molecule has 1 rings (SSSR count). The molecule has 0 spiro atoms. The summed E-state index contributed by atoms with van der Waals surface area (Å²) < 4.78 is 0.790. The van der Waals surface area contributed by atoms with Crippen LogP contribution in [0.4, 0.5) is 0 Å². The first-order chi connectivity index (χ1) is 7.00. The van der Waals surface area contributed by atoms with Gasteiger partial charge in [-0.25, -0.2) is 0 Å². The molecule has 1 nitrogen and oxygen atoms in total. The first-order valence-corrected chi connectivity index (χ1v) is 5.80. The third-order valence-electron chi connectivity index (χ3n) is 2.01. The molecule has 0 radical (unpaired) electrons. The van der Waals surface area contributed by atoms with Gasteiger partial charge in [-0.05, 0) is 31.5 Å². The van der Waals surface area contributed by atoms with Crippen molar-refractivity contribution in [2.45, 2.75) is 19.8 Å². The van der Waals surface area contributed by atoms with Crippen molar-refractivity contribution in [2.75, 3.05) is 0 Å². The van der Waals surface area contributed by atoms with Crippen LogP contribution in [0.3, 0.4) is 0 Å². The summed E-state index contributed by atoms with van der Waals surface area (Å²) in [7, 11) is 0. The maximum absolute atomic E-state index is 11.8. The molecule has 0 atom stereocenters. The third kappa shape index (κ3) is 3.80. The predicted molar refractivity (Wildman–Crippen MR) is 67.5 cm³/mol. The average molecular weight is 288 g/mol. The number of hydrogen-bond acceptors (Lipinski definition) is 1. The SMILES string of the molecule is C=C(C)CCC(=O)c1cc(Cl)ccc1Br. The smallest absolute Gasteiger partial charge is 0.164 e. The Labute approximate surface area is 103 Å². The Balaban J connectivity index is 2.81. The van der Waals surface area contributed by atoms with Crippen molar-refractivity contribution in [1.82, 2.24) is 0 Å². The fraction of sp³-hybridized carbons (Fsp3) is 0.250. The minimum atomic E-state index is 0.0902. The Hall–Kier alpha value is -0.600. The van der Waals surface area contributed by atoms with Gasteiger partial charge in [-0.2, -0.15) is 0 Å². The van der Waals surface area contributed by atoms with Crippen LogP contribution in [0.5, 0.6) is 0 Å². The molecule has 0 aliphatic heterocycles. The summed E-state index contributed by atoms with van der Waals surface area (Å²) in [5, 5.41) is 0.580. The van der Waals surface area contributed by atoms with Crippen LogP contribution in [-0.2, 0) is 0 Å². The highest BCUT2D eigenvalue weighted by Gasteiger charge is 2.10. The van der Waals surface area contributed by atoms with E-state index in [2.05, 4.69) is 22.5 Å². The molecule has 3 heteroatoms. The van der Waals surface area contributed by atoms with Crippen molar-refractivity contribution in [3.05, 3.63) is 45.4 Å². The van der Waals surface area contributed by atoms with E-state index in [4.69, 9.17) is 11.6 Å². The molecule has 0 saturated heterocycles. The highest BCUT2D eigenvalue weighted by molar-refractivity contribution is 9.10.